The van der Waals surface area contributed by atoms with E-state index in [2.05, 4.69) is 124 Å². The summed E-state index contributed by atoms with van der Waals surface area (Å²) >= 11 is 16.0. The molecule has 29 heavy (non-hydrogen) atoms. The molecule has 2 aromatic rings. The molecule has 17 heteroatoms. The molecule has 160 valence electrons. The van der Waals surface area contributed by atoms with Crippen LogP contribution in [0.2, 0.25) is 0 Å². The summed E-state index contributed by atoms with van der Waals surface area (Å²) in [4.78, 5) is 13.5. The van der Waals surface area contributed by atoms with Crippen LogP contribution in [0.4, 0.5) is 4.39 Å². The number of alkyl halides is 2. The van der Waals surface area contributed by atoms with Gasteiger partial charge in [-0.1, -0.05) is 29.8 Å². The van der Waals surface area contributed by atoms with Gasteiger partial charge in [-0.05, 0) is 77.6 Å². The summed E-state index contributed by atoms with van der Waals surface area (Å²) in [6, 6.07) is 0.308. The molecule has 1 N–H and O–H groups in total. The van der Waals surface area contributed by atoms with Crippen molar-refractivity contribution in [2.24, 2.45) is 0 Å². The summed E-state index contributed by atoms with van der Waals surface area (Å²) < 4.78 is 18.4. The number of nitrogens with zero attached hydrogens (tertiary/aromatic N) is 5. The fourth-order valence-electron chi connectivity index (χ4n) is 0.721. The maximum Gasteiger partial charge on any atom is 1.00 e. The second kappa shape index (κ2) is 29.3. The normalized spacial score (nSPS) is 8.66. The van der Waals surface area contributed by atoms with Gasteiger partial charge in [0.05, 0.1) is 14.6 Å². The van der Waals surface area contributed by atoms with Crippen molar-refractivity contribution in [3.8, 4) is 0 Å². The van der Waals surface area contributed by atoms with Gasteiger partial charge in [0.15, 0.2) is 18.4 Å². The molecular formula is C12H20Br5FK2N6O3. The second-order valence-corrected chi connectivity index (χ2v) is 9.14. The van der Waals surface area contributed by atoms with Crippen molar-refractivity contribution in [3.05, 3.63) is 18.4 Å². The van der Waals surface area contributed by atoms with E-state index in [1.54, 1.807) is 4.80 Å². The molecule has 2 aromatic heterocycles. The van der Waals surface area contributed by atoms with E-state index in [4.69, 9.17) is 11.4 Å². The van der Waals surface area contributed by atoms with Crippen LogP contribution < -0.4 is 108 Å². The van der Waals surface area contributed by atoms with Gasteiger partial charge >= 0.3 is 103 Å². The van der Waals surface area contributed by atoms with Crippen molar-refractivity contribution in [1.29, 1.82) is 0 Å². The Balaban J connectivity index is -0.0000000663. The Morgan fingerprint density at radius 3 is 1.48 bits per heavy atom. The van der Waals surface area contributed by atoms with E-state index in [9.17, 15) is 4.39 Å². The number of aromatic amines is 1. The molecule has 0 spiro atoms. The van der Waals surface area contributed by atoms with Crippen LogP contribution >= 0.6 is 79.6 Å². The molecule has 0 saturated carbocycles. The Bertz CT molecular complexity index is 597. The number of hydrogen-bond donors (Lipinski definition) is 1. The van der Waals surface area contributed by atoms with E-state index >= 15 is 0 Å². The van der Waals surface area contributed by atoms with Crippen LogP contribution in [0.15, 0.2) is 18.4 Å². The summed E-state index contributed by atoms with van der Waals surface area (Å²) in [5.74, 6) is 0. The predicted octanol–water partition coefficient (Wildman–Crippen LogP) is -1.36. The average molecular weight is 794 g/mol. The van der Waals surface area contributed by atoms with Crippen LogP contribution in [-0.4, -0.2) is 48.9 Å². The maximum atomic E-state index is 9.96. The van der Waals surface area contributed by atoms with Gasteiger partial charge in [-0.3, -0.25) is 9.18 Å². The summed E-state index contributed by atoms with van der Waals surface area (Å²) in [7, 11) is -1.00. The topological polar surface area (TPSA) is 122 Å². The summed E-state index contributed by atoms with van der Waals surface area (Å²) in [6.45, 7) is 8.04. The molecule has 0 aliphatic carbocycles. The van der Waals surface area contributed by atoms with E-state index < -0.39 is 7.15 Å². The first-order chi connectivity index (χ1) is 13.0. The van der Waals surface area contributed by atoms with E-state index in [1.165, 1.54) is 0 Å². The van der Waals surface area contributed by atoms with Crippen molar-refractivity contribution in [2.75, 3.05) is 7.15 Å². The minimum atomic E-state index is -1.00. The minimum Gasteiger partial charge on any atom is -1.00 e. The van der Waals surface area contributed by atoms with Crippen LogP contribution in [0, 0.1) is 0 Å². The Kier molecular flexibility index (Phi) is 40.0. The molecule has 0 aliphatic rings. The first-order valence-corrected chi connectivity index (χ1v) is 10.8. The van der Waals surface area contributed by atoms with Gasteiger partial charge in [0.2, 0.25) is 0 Å². The molecule has 0 radical (unpaired) electrons. The smallest absolute Gasteiger partial charge is 1.00 e. The molecule has 2 rings (SSSR count). The molecule has 0 bridgehead atoms. The number of carbonyl (C=O) groups is 1. The van der Waals surface area contributed by atoms with E-state index in [-0.39, 0.29) is 111 Å². The quantitative estimate of drug-likeness (QED) is 0.131. The van der Waals surface area contributed by atoms with E-state index in [0.717, 1.165) is 9.21 Å². The van der Waals surface area contributed by atoms with E-state index in [0.29, 0.717) is 20.1 Å². The van der Waals surface area contributed by atoms with Gasteiger partial charge < -0.3 is 11.6 Å². The standard InChI is InChI=1S/C5H7Br2N3.C3H7Br.C2HBr2N3.CH3F.CH2O3.2K.H/c1-3(2)10-8-4(6)5(7)9-10;1-3(2)4;3-1-2(4)6-7-5-1;1-2;2-1-4-3;;;/h3H,1-2H3;3H,1-2H3;(H,5,6,7);1H3;1,3H;;;/q;;;;;2*+1;-1/p-1/i;;;1D;;;;. The maximum absolute atomic E-state index is 9.96. The molecule has 0 saturated heterocycles. The zero-order valence-corrected chi connectivity index (χ0v) is 30.8. The molecule has 2 heterocycles. The fraction of sp³-hybridized carbons (Fsp3) is 0.583. The first kappa shape index (κ1) is 39.5. The molecule has 0 atom stereocenters. The van der Waals surface area contributed by atoms with Crippen molar-refractivity contribution < 1.29 is 125 Å². The Hall–Kier alpha value is 3.31. The van der Waals surface area contributed by atoms with Crippen molar-refractivity contribution in [2.45, 2.75) is 38.6 Å². The first-order valence-electron chi connectivity index (χ1n) is 7.40. The number of hydrogen-bond acceptors (Lipinski definition) is 7. The van der Waals surface area contributed by atoms with Crippen LogP contribution in [0.3, 0.4) is 0 Å². The number of rotatable bonds is 2. The number of nitrogens with one attached hydrogen (secondary N) is 1. The zero-order valence-electron chi connectivity index (χ0n) is 18.7. The second-order valence-electron chi connectivity index (χ2n) is 4.31. The zero-order chi connectivity index (χ0) is 22.7. The average Bonchev–Trinajstić information content (AvgIpc) is 3.14. The van der Waals surface area contributed by atoms with Gasteiger partial charge in [-0.25, -0.2) is 0 Å². The number of H-pyrrole nitrogens is 1. The summed E-state index contributed by atoms with van der Waals surface area (Å²) in [5, 5.41) is 26.3. The van der Waals surface area contributed by atoms with Gasteiger partial charge in [0, 0.05) is 4.83 Å². The van der Waals surface area contributed by atoms with Gasteiger partial charge in [-0.2, -0.15) is 10.0 Å². The monoisotopic (exact) mass is 789 g/mol. The number of aromatic nitrogens is 6. The van der Waals surface area contributed by atoms with Crippen molar-refractivity contribution >= 4 is 86.1 Å². The molecular weight excluding hydrogens is 773 g/mol. The van der Waals surface area contributed by atoms with Crippen LogP contribution in [0.25, 0.3) is 0 Å². The van der Waals surface area contributed by atoms with Gasteiger partial charge in [-0.15, -0.1) is 20.4 Å². The predicted molar refractivity (Wildman–Crippen MR) is 117 cm³/mol. The summed E-state index contributed by atoms with van der Waals surface area (Å²) in [6.07, 6.45) is 0. The summed E-state index contributed by atoms with van der Waals surface area (Å²) in [5.41, 5.74) is 0. The number of halogens is 6. The van der Waals surface area contributed by atoms with Gasteiger partial charge in [0.1, 0.15) is 0 Å². The van der Waals surface area contributed by atoms with Crippen molar-refractivity contribution in [1.82, 2.24) is 30.4 Å². The minimum absolute atomic E-state index is 0. The van der Waals surface area contributed by atoms with Crippen LogP contribution in [0.5, 0.6) is 0 Å². The van der Waals surface area contributed by atoms with Crippen LogP contribution in [-0.2, 0) is 9.68 Å². The third-order valence-electron chi connectivity index (χ3n) is 1.52. The van der Waals surface area contributed by atoms with Crippen LogP contribution in [0.1, 0.15) is 36.5 Å². The largest absolute Gasteiger partial charge is 1.00 e. The Labute approximate surface area is 299 Å². The molecule has 0 fully saturated rings. The molecule has 0 aromatic carbocycles. The van der Waals surface area contributed by atoms with Gasteiger partial charge in [0.25, 0.3) is 6.47 Å². The Morgan fingerprint density at radius 1 is 1.10 bits per heavy atom. The molecule has 9 nitrogen and oxygen atoms in total. The Morgan fingerprint density at radius 2 is 1.38 bits per heavy atom. The molecule has 0 aliphatic heterocycles. The molecule has 0 amide bonds. The fourth-order valence-corrected chi connectivity index (χ4v) is 1.54. The van der Waals surface area contributed by atoms with E-state index in [1.807, 2.05) is 13.8 Å². The third-order valence-corrected chi connectivity index (χ3v) is 4.76. The SMILES string of the molecule is Brc1n[nH]nc1Br.CC(C)Br.CC(C)n1nc(Br)c(Br)n1.O=CO[O-].[2H]CF.[H-].[K+].[K+]. The third kappa shape index (κ3) is 29.3. The molecule has 0 unspecified atom stereocenters. The van der Waals surface area contributed by atoms with Crippen molar-refractivity contribution in [3.63, 3.8) is 0 Å². The number of carbonyl (C=O) groups excluding carboxylic acids is 1.